The Morgan fingerprint density at radius 3 is 2.89 bits per heavy atom. The highest BCUT2D eigenvalue weighted by Crippen LogP contribution is 2.35. The maximum Gasteiger partial charge on any atom is 0.263 e. The largest absolute Gasteiger partial charge is 0.476 e. The number of carbonyl (C=O) groups excluding carboxylic acids is 1. The number of sulfonamides is 1. The minimum absolute atomic E-state index is 0.0410. The van der Waals surface area contributed by atoms with Gasteiger partial charge in [0.15, 0.2) is 6.10 Å². The van der Waals surface area contributed by atoms with Crippen LogP contribution in [-0.4, -0.2) is 45.5 Å². The van der Waals surface area contributed by atoms with E-state index >= 15 is 0 Å². The summed E-state index contributed by atoms with van der Waals surface area (Å²) in [5, 5.41) is 2.81. The number of thioether (sulfide) groups is 1. The molecule has 0 saturated carbocycles. The molecule has 0 aliphatic carbocycles. The summed E-state index contributed by atoms with van der Waals surface area (Å²) in [6.45, 7) is 2.30. The van der Waals surface area contributed by atoms with Crippen molar-refractivity contribution in [3.63, 3.8) is 0 Å². The lowest BCUT2D eigenvalue weighted by Gasteiger charge is -2.34. The quantitative estimate of drug-likeness (QED) is 0.704. The predicted molar refractivity (Wildman–Crippen MR) is 106 cm³/mol. The lowest BCUT2D eigenvalue weighted by molar-refractivity contribution is -0.127. The molecule has 0 radical (unpaired) electrons. The van der Waals surface area contributed by atoms with Crippen LogP contribution in [0.15, 0.2) is 41.0 Å². The summed E-state index contributed by atoms with van der Waals surface area (Å²) in [7, 11) is -3.52. The third-order valence-corrected chi connectivity index (χ3v) is 6.17. The Morgan fingerprint density at radius 1 is 1.37 bits per heavy atom. The van der Waals surface area contributed by atoms with Crippen LogP contribution in [-0.2, 0) is 20.6 Å². The minimum atomic E-state index is -3.52. The van der Waals surface area contributed by atoms with Crippen molar-refractivity contribution < 1.29 is 22.4 Å². The second kappa shape index (κ2) is 8.26. The summed E-state index contributed by atoms with van der Waals surface area (Å²) in [6.07, 6.45) is 1.88. The fraction of sp³-hybridized carbons (Fsp3) is 0.389. The highest BCUT2D eigenvalue weighted by Gasteiger charge is 2.34. The number of anilines is 1. The first-order valence-electron chi connectivity index (χ1n) is 8.47. The normalized spacial score (nSPS) is 16.5. The van der Waals surface area contributed by atoms with Crippen molar-refractivity contribution in [3.8, 4) is 5.75 Å². The van der Waals surface area contributed by atoms with Crippen molar-refractivity contribution in [2.24, 2.45) is 0 Å². The van der Waals surface area contributed by atoms with Crippen LogP contribution in [0.4, 0.5) is 5.69 Å². The molecule has 2 heterocycles. The van der Waals surface area contributed by atoms with E-state index in [-0.39, 0.29) is 12.5 Å². The van der Waals surface area contributed by atoms with Gasteiger partial charge in [-0.05, 0) is 36.8 Å². The number of furan rings is 1. The zero-order valence-corrected chi connectivity index (χ0v) is 16.8. The number of amides is 1. The van der Waals surface area contributed by atoms with Crippen molar-refractivity contribution in [1.82, 2.24) is 5.32 Å². The number of ether oxygens (including phenoxy) is 1. The van der Waals surface area contributed by atoms with Gasteiger partial charge in [-0.3, -0.25) is 9.10 Å². The number of hydrogen-bond acceptors (Lipinski definition) is 6. The van der Waals surface area contributed by atoms with Gasteiger partial charge in [-0.1, -0.05) is 6.07 Å². The van der Waals surface area contributed by atoms with E-state index in [1.165, 1.54) is 4.31 Å². The van der Waals surface area contributed by atoms with Gasteiger partial charge in [-0.25, -0.2) is 8.42 Å². The molecule has 1 amide bonds. The monoisotopic (exact) mass is 410 g/mol. The predicted octanol–water partition coefficient (Wildman–Crippen LogP) is 2.16. The molecule has 0 saturated heterocycles. The second-order valence-electron chi connectivity index (χ2n) is 6.29. The van der Waals surface area contributed by atoms with Crippen LogP contribution in [0.1, 0.15) is 11.3 Å². The average molecular weight is 411 g/mol. The molecule has 1 aromatic heterocycles. The number of hydrogen-bond donors (Lipinski definition) is 1. The number of nitrogens with zero attached hydrogens (tertiary/aromatic N) is 1. The molecule has 2 aromatic rings. The van der Waals surface area contributed by atoms with Gasteiger partial charge in [0.25, 0.3) is 5.91 Å². The number of nitrogens with one attached hydrogen (secondary N) is 1. The van der Waals surface area contributed by atoms with Gasteiger partial charge in [-0.15, -0.1) is 0 Å². The van der Waals surface area contributed by atoms with Gasteiger partial charge >= 0.3 is 0 Å². The number of fused-ring (bicyclic) bond motifs is 1. The van der Waals surface area contributed by atoms with Gasteiger partial charge in [0, 0.05) is 12.3 Å². The molecule has 0 spiro atoms. The van der Waals surface area contributed by atoms with Crippen LogP contribution < -0.4 is 14.4 Å². The molecule has 1 aliphatic heterocycles. The summed E-state index contributed by atoms with van der Waals surface area (Å²) >= 11 is 1.64. The van der Waals surface area contributed by atoms with E-state index in [0.29, 0.717) is 23.7 Å². The van der Waals surface area contributed by atoms with Gasteiger partial charge in [0.1, 0.15) is 11.5 Å². The number of carbonyl (C=O) groups is 1. The minimum Gasteiger partial charge on any atom is -0.476 e. The van der Waals surface area contributed by atoms with E-state index in [4.69, 9.17) is 9.15 Å². The van der Waals surface area contributed by atoms with Crippen molar-refractivity contribution in [3.05, 3.63) is 47.9 Å². The Kier molecular flexibility index (Phi) is 6.01. The first-order valence-corrected chi connectivity index (χ1v) is 11.5. The number of rotatable bonds is 7. The maximum absolute atomic E-state index is 12.5. The summed E-state index contributed by atoms with van der Waals surface area (Å²) in [6, 6.07) is 9.01. The molecule has 7 nitrogen and oxygen atoms in total. The van der Waals surface area contributed by atoms with Crippen LogP contribution in [0.3, 0.4) is 0 Å². The van der Waals surface area contributed by atoms with Crippen molar-refractivity contribution >= 4 is 33.4 Å². The smallest absolute Gasteiger partial charge is 0.263 e. The zero-order valence-electron chi connectivity index (χ0n) is 15.2. The third-order valence-electron chi connectivity index (χ3n) is 4.05. The highest BCUT2D eigenvalue weighted by molar-refractivity contribution is 7.98. The molecule has 1 aliphatic rings. The Morgan fingerprint density at radius 2 is 2.19 bits per heavy atom. The van der Waals surface area contributed by atoms with Crippen molar-refractivity contribution in [1.29, 1.82) is 0 Å². The van der Waals surface area contributed by atoms with Crippen LogP contribution in [0.25, 0.3) is 0 Å². The zero-order chi connectivity index (χ0) is 19.4. The molecule has 0 unspecified atom stereocenters. The molecule has 27 heavy (non-hydrogen) atoms. The molecule has 0 bridgehead atoms. The second-order valence-corrected chi connectivity index (χ2v) is 9.31. The van der Waals surface area contributed by atoms with Crippen LogP contribution in [0.5, 0.6) is 5.75 Å². The molecule has 146 valence electrons. The van der Waals surface area contributed by atoms with Gasteiger partial charge in [0.2, 0.25) is 10.0 Å². The van der Waals surface area contributed by atoms with Crippen LogP contribution in [0.2, 0.25) is 0 Å². The van der Waals surface area contributed by atoms with Crippen LogP contribution >= 0.6 is 11.8 Å². The molecule has 0 fully saturated rings. The summed E-state index contributed by atoms with van der Waals surface area (Å²) in [5.41, 5.74) is 1.39. The maximum atomic E-state index is 12.5. The average Bonchev–Trinajstić information content (AvgIpc) is 3.13. The van der Waals surface area contributed by atoms with E-state index < -0.39 is 16.1 Å². The summed E-state index contributed by atoms with van der Waals surface area (Å²) in [4.78, 5) is 12.5. The van der Waals surface area contributed by atoms with Gasteiger partial charge in [-0.2, -0.15) is 11.8 Å². The number of aryl methyl sites for hydroxylation is 1. The highest BCUT2D eigenvalue weighted by atomic mass is 32.2. The lowest BCUT2D eigenvalue weighted by atomic mass is 10.1. The van der Waals surface area contributed by atoms with Crippen molar-refractivity contribution in [2.45, 2.75) is 18.8 Å². The van der Waals surface area contributed by atoms with E-state index in [1.54, 1.807) is 30.2 Å². The SMILES string of the molecule is Cc1ccc2c(c1)N(S(C)(=O)=O)C[C@@H](C(=O)NCCSCc1ccco1)O2. The first kappa shape index (κ1) is 19.6. The van der Waals surface area contributed by atoms with E-state index in [2.05, 4.69) is 5.32 Å². The molecule has 3 rings (SSSR count). The van der Waals surface area contributed by atoms with E-state index in [9.17, 15) is 13.2 Å². The standard InChI is InChI=1S/C18H22N2O5S2/c1-13-5-6-16-15(10-13)20(27(2,22)23)11-17(25-16)18(21)19-7-9-26-12-14-4-3-8-24-14/h3-6,8,10,17H,7,9,11-12H2,1-2H3,(H,19,21)/t17-/m0/s1. The number of benzene rings is 1. The Bertz CT molecular complexity index is 896. The molecular weight excluding hydrogens is 388 g/mol. The van der Waals surface area contributed by atoms with Crippen LogP contribution in [0, 0.1) is 6.92 Å². The molecular formula is C18H22N2O5S2. The fourth-order valence-corrected chi connectivity index (χ4v) is 4.40. The van der Waals surface area contributed by atoms with Gasteiger partial charge < -0.3 is 14.5 Å². The lowest BCUT2D eigenvalue weighted by Crippen LogP contribution is -2.50. The summed E-state index contributed by atoms with van der Waals surface area (Å²) < 4.78 is 36.6. The Hall–Kier alpha value is -2.13. The van der Waals surface area contributed by atoms with Crippen molar-refractivity contribution in [2.75, 3.05) is 29.4 Å². The Balaban J connectivity index is 1.58. The molecule has 1 aromatic carbocycles. The molecule has 9 heteroatoms. The van der Waals surface area contributed by atoms with Gasteiger partial charge in [0.05, 0.1) is 30.5 Å². The topological polar surface area (TPSA) is 88.9 Å². The fourth-order valence-electron chi connectivity index (χ4n) is 2.74. The van der Waals surface area contributed by atoms with E-state index in [0.717, 1.165) is 23.3 Å². The third kappa shape index (κ3) is 4.98. The first-order chi connectivity index (χ1) is 12.8. The molecule has 1 N–H and O–H groups in total. The molecule has 1 atom stereocenters. The summed E-state index contributed by atoms with van der Waals surface area (Å²) in [5.74, 6) is 2.40. The Labute approximate surface area is 163 Å². The van der Waals surface area contributed by atoms with E-state index in [1.807, 2.05) is 25.1 Å².